The van der Waals surface area contributed by atoms with Crippen molar-refractivity contribution in [3.05, 3.63) is 22.9 Å². The Bertz CT molecular complexity index is 293. The number of ether oxygens (including phenoxy) is 1. The van der Waals surface area contributed by atoms with Crippen LogP contribution in [0.25, 0.3) is 0 Å². The van der Waals surface area contributed by atoms with Crippen LogP contribution in [0.5, 0.6) is 0 Å². The predicted molar refractivity (Wildman–Crippen MR) is 61.5 cm³/mol. The van der Waals surface area contributed by atoms with E-state index < -0.39 is 0 Å². The van der Waals surface area contributed by atoms with E-state index in [-0.39, 0.29) is 12.1 Å². The Balaban J connectivity index is 2.60. The topological polar surface area (TPSA) is 34.1 Å². The molecular formula is C10H15BrN2O. The second-order valence-electron chi connectivity index (χ2n) is 3.27. The van der Waals surface area contributed by atoms with E-state index in [1.54, 1.807) is 19.5 Å². The fourth-order valence-electron chi connectivity index (χ4n) is 1.08. The van der Waals surface area contributed by atoms with Crippen LogP contribution in [0.1, 0.15) is 13.8 Å². The molecule has 78 valence electrons. The second kappa shape index (κ2) is 5.32. The summed E-state index contributed by atoms with van der Waals surface area (Å²) in [6.07, 6.45) is 3.73. The molecule has 1 heterocycles. The predicted octanol–water partition coefficient (Wildman–Crippen LogP) is 2.68. The smallest absolute Gasteiger partial charge is 0.0741 e. The summed E-state index contributed by atoms with van der Waals surface area (Å²) >= 11 is 3.37. The summed E-state index contributed by atoms with van der Waals surface area (Å²) in [6.45, 7) is 4.11. The van der Waals surface area contributed by atoms with Crippen LogP contribution in [0, 0.1) is 0 Å². The zero-order valence-electron chi connectivity index (χ0n) is 8.62. The number of methoxy groups -OCH3 is 1. The number of aromatic nitrogens is 1. The molecule has 1 unspecified atom stereocenters. The third-order valence-electron chi connectivity index (χ3n) is 2.18. The summed E-state index contributed by atoms with van der Waals surface area (Å²) in [5, 5.41) is 3.32. The van der Waals surface area contributed by atoms with E-state index in [9.17, 15) is 0 Å². The summed E-state index contributed by atoms with van der Waals surface area (Å²) in [4.78, 5) is 4.07. The van der Waals surface area contributed by atoms with Gasteiger partial charge in [-0.25, -0.2) is 0 Å². The maximum absolute atomic E-state index is 5.22. The van der Waals surface area contributed by atoms with Crippen LogP contribution in [0.3, 0.4) is 0 Å². The molecule has 0 fully saturated rings. The lowest BCUT2D eigenvalue weighted by Crippen LogP contribution is -2.29. The molecule has 1 rings (SSSR count). The zero-order chi connectivity index (χ0) is 10.6. The Hall–Kier alpha value is -0.610. The Morgan fingerprint density at radius 3 is 2.71 bits per heavy atom. The highest BCUT2D eigenvalue weighted by molar-refractivity contribution is 9.10. The highest BCUT2D eigenvalue weighted by atomic mass is 79.9. The maximum atomic E-state index is 5.22. The van der Waals surface area contributed by atoms with Crippen molar-refractivity contribution in [1.29, 1.82) is 0 Å². The largest absolute Gasteiger partial charge is 0.380 e. The number of hydrogen-bond donors (Lipinski definition) is 1. The van der Waals surface area contributed by atoms with Crippen molar-refractivity contribution in [2.24, 2.45) is 0 Å². The number of pyridine rings is 1. The van der Waals surface area contributed by atoms with E-state index in [2.05, 4.69) is 33.2 Å². The first-order valence-electron chi connectivity index (χ1n) is 4.53. The van der Waals surface area contributed by atoms with Crippen molar-refractivity contribution in [3.63, 3.8) is 0 Å². The molecule has 0 radical (unpaired) electrons. The Kier molecular flexibility index (Phi) is 4.35. The first-order chi connectivity index (χ1) is 6.63. The van der Waals surface area contributed by atoms with Crippen LogP contribution in [0.2, 0.25) is 0 Å². The molecule has 0 saturated heterocycles. The van der Waals surface area contributed by atoms with E-state index in [1.165, 1.54) is 0 Å². The fourth-order valence-corrected chi connectivity index (χ4v) is 1.44. The Morgan fingerprint density at radius 2 is 2.14 bits per heavy atom. The van der Waals surface area contributed by atoms with Gasteiger partial charge in [0.15, 0.2) is 0 Å². The van der Waals surface area contributed by atoms with Gasteiger partial charge in [0.2, 0.25) is 0 Å². The molecule has 0 amide bonds. The second-order valence-corrected chi connectivity index (χ2v) is 4.18. The van der Waals surface area contributed by atoms with Gasteiger partial charge in [-0.05, 0) is 35.8 Å². The van der Waals surface area contributed by atoms with Gasteiger partial charge in [-0.1, -0.05) is 0 Å². The van der Waals surface area contributed by atoms with E-state index in [0.29, 0.717) is 0 Å². The van der Waals surface area contributed by atoms with Crippen LogP contribution in [0.15, 0.2) is 22.9 Å². The summed E-state index contributed by atoms with van der Waals surface area (Å²) in [6, 6.07) is 2.25. The molecule has 1 N–H and O–H groups in total. The monoisotopic (exact) mass is 258 g/mol. The third kappa shape index (κ3) is 3.27. The van der Waals surface area contributed by atoms with Crippen LogP contribution >= 0.6 is 15.9 Å². The van der Waals surface area contributed by atoms with Crippen LogP contribution in [-0.2, 0) is 4.74 Å². The first kappa shape index (κ1) is 11.5. The van der Waals surface area contributed by atoms with Crippen molar-refractivity contribution >= 4 is 21.6 Å². The van der Waals surface area contributed by atoms with E-state index >= 15 is 0 Å². The van der Waals surface area contributed by atoms with Crippen LogP contribution in [-0.4, -0.2) is 24.2 Å². The van der Waals surface area contributed by atoms with Crippen molar-refractivity contribution in [1.82, 2.24) is 4.98 Å². The number of rotatable bonds is 4. The normalized spacial score (nSPS) is 14.9. The number of anilines is 1. The quantitative estimate of drug-likeness (QED) is 0.902. The molecule has 0 spiro atoms. The van der Waals surface area contributed by atoms with Gasteiger partial charge in [-0.15, -0.1) is 0 Å². The van der Waals surface area contributed by atoms with Gasteiger partial charge in [-0.3, -0.25) is 4.98 Å². The average molecular weight is 259 g/mol. The van der Waals surface area contributed by atoms with Gasteiger partial charge >= 0.3 is 0 Å². The molecule has 4 heteroatoms. The molecular weight excluding hydrogens is 244 g/mol. The lowest BCUT2D eigenvalue weighted by atomic mass is 10.2. The van der Waals surface area contributed by atoms with Gasteiger partial charge in [0.1, 0.15) is 0 Å². The number of hydrogen-bond acceptors (Lipinski definition) is 3. The summed E-state index contributed by atoms with van der Waals surface area (Å²) in [5.41, 5.74) is 0.996. The molecule has 2 atom stereocenters. The average Bonchev–Trinajstić information content (AvgIpc) is 2.16. The molecule has 0 aliphatic rings. The minimum absolute atomic E-state index is 0.175. The Labute approximate surface area is 93.0 Å². The van der Waals surface area contributed by atoms with E-state index in [4.69, 9.17) is 4.74 Å². The van der Waals surface area contributed by atoms with Gasteiger partial charge in [0, 0.05) is 23.8 Å². The molecule has 0 aromatic carbocycles. The van der Waals surface area contributed by atoms with E-state index in [1.807, 2.05) is 13.0 Å². The summed E-state index contributed by atoms with van der Waals surface area (Å²) in [7, 11) is 1.71. The molecule has 0 aliphatic heterocycles. The third-order valence-corrected chi connectivity index (χ3v) is 2.61. The van der Waals surface area contributed by atoms with Gasteiger partial charge in [0.25, 0.3) is 0 Å². The van der Waals surface area contributed by atoms with Crippen molar-refractivity contribution in [3.8, 4) is 0 Å². The van der Waals surface area contributed by atoms with Gasteiger partial charge in [0.05, 0.1) is 18.0 Å². The highest BCUT2D eigenvalue weighted by Gasteiger charge is 2.10. The van der Waals surface area contributed by atoms with Gasteiger partial charge < -0.3 is 10.1 Å². The van der Waals surface area contributed by atoms with Crippen LogP contribution < -0.4 is 5.32 Å². The van der Waals surface area contributed by atoms with Crippen molar-refractivity contribution in [2.75, 3.05) is 12.4 Å². The SMILES string of the molecule is COC(C)[C@H](C)Nc1cncc(Br)c1. The molecule has 0 bridgehead atoms. The number of nitrogens with one attached hydrogen (secondary N) is 1. The zero-order valence-corrected chi connectivity index (χ0v) is 10.2. The fraction of sp³-hybridized carbons (Fsp3) is 0.500. The molecule has 0 aliphatic carbocycles. The molecule has 3 nitrogen and oxygen atoms in total. The minimum atomic E-state index is 0.175. The maximum Gasteiger partial charge on any atom is 0.0741 e. The minimum Gasteiger partial charge on any atom is -0.380 e. The first-order valence-corrected chi connectivity index (χ1v) is 5.32. The lowest BCUT2D eigenvalue weighted by molar-refractivity contribution is 0.106. The lowest BCUT2D eigenvalue weighted by Gasteiger charge is -2.20. The van der Waals surface area contributed by atoms with Gasteiger partial charge in [-0.2, -0.15) is 0 Å². The number of halogens is 1. The summed E-state index contributed by atoms with van der Waals surface area (Å²) < 4.78 is 6.19. The number of nitrogens with zero attached hydrogens (tertiary/aromatic N) is 1. The molecule has 0 saturated carbocycles. The van der Waals surface area contributed by atoms with E-state index in [0.717, 1.165) is 10.2 Å². The molecule has 1 aromatic heterocycles. The standard InChI is InChI=1S/C10H15BrN2O/c1-7(8(2)14-3)13-10-4-9(11)5-12-6-10/h4-8,13H,1-3H3/t7-,8?/m0/s1. The Morgan fingerprint density at radius 1 is 1.43 bits per heavy atom. The molecule has 14 heavy (non-hydrogen) atoms. The van der Waals surface area contributed by atoms with Crippen molar-refractivity contribution in [2.45, 2.75) is 26.0 Å². The van der Waals surface area contributed by atoms with Crippen molar-refractivity contribution < 1.29 is 4.74 Å². The molecule has 1 aromatic rings. The summed E-state index contributed by atoms with van der Waals surface area (Å²) in [5.74, 6) is 0. The highest BCUT2D eigenvalue weighted by Crippen LogP contribution is 2.15. The van der Waals surface area contributed by atoms with Crippen LogP contribution in [0.4, 0.5) is 5.69 Å².